The first kappa shape index (κ1) is 23.8. The number of thiazole rings is 1. The Morgan fingerprint density at radius 2 is 2.03 bits per heavy atom. The number of benzene rings is 2. The number of carbonyl (C=O) groups excluding carboxylic acids is 2. The molecule has 3 aromatic rings. The molecule has 1 aromatic heterocycles. The molecule has 0 radical (unpaired) electrons. The van der Waals surface area contributed by atoms with E-state index in [0.29, 0.717) is 23.1 Å². The highest BCUT2D eigenvalue weighted by molar-refractivity contribution is 7.13. The Morgan fingerprint density at radius 1 is 1.27 bits per heavy atom. The number of rotatable bonds is 9. The first-order chi connectivity index (χ1) is 15.8. The van der Waals surface area contributed by atoms with Crippen LogP contribution >= 0.6 is 11.3 Å². The van der Waals surface area contributed by atoms with E-state index in [-0.39, 0.29) is 12.1 Å². The van der Waals surface area contributed by atoms with E-state index in [2.05, 4.69) is 10.3 Å². The highest BCUT2D eigenvalue weighted by Gasteiger charge is 2.21. The van der Waals surface area contributed by atoms with E-state index in [9.17, 15) is 24.1 Å². The topological polar surface area (TPSA) is 121 Å². The first-order valence-electron chi connectivity index (χ1n) is 9.89. The zero-order valence-electron chi connectivity index (χ0n) is 17.7. The van der Waals surface area contributed by atoms with Gasteiger partial charge in [0, 0.05) is 17.1 Å². The van der Waals surface area contributed by atoms with E-state index in [0.717, 1.165) is 17.7 Å². The lowest BCUT2D eigenvalue weighted by Gasteiger charge is -2.13. The van der Waals surface area contributed by atoms with Crippen molar-refractivity contribution in [1.29, 1.82) is 0 Å². The maximum atomic E-state index is 13.4. The number of esters is 1. The summed E-state index contributed by atoms with van der Waals surface area (Å²) < 4.78 is 24.2. The number of nitro benzene ring substituents is 1. The van der Waals surface area contributed by atoms with Gasteiger partial charge in [0.25, 0.3) is 5.91 Å². The highest BCUT2D eigenvalue weighted by atomic mass is 32.1. The third kappa shape index (κ3) is 6.10. The van der Waals surface area contributed by atoms with Crippen molar-refractivity contribution in [2.75, 3.05) is 11.9 Å². The average molecular weight is 473 g/mol. The molecule has 1 N–H and O–H groups in total. The quantitative estimate of drug-likeness (QED) is 0.278. The third-order valence-corrected chi connectivity index (χ3v) is 5.31. The molecule has 1 amide bonds. The Bertz CT molecular complexity index is 1180. The number of nitro groups is 1. The number of ether oxygens (including phenoxy) is 2. The van der Waals surface area contributed by atoms with Crippen molar-refractivity contribution in [3.63, 3.8) is 0 Å². The summed E-state index contributed by atoms with van der Waals surface area (Å²) in [6.07, 6.45) is -1.33. The Hall–Kier alpha value is -3.86. The van der Waals surface area contributed by atoms with Gasteiger partial charge in [-0.3, -0.25) is 19.7 Å². The number of anilines is 1. The summed E-state index contributed by atoms with van der Waals surface area (Å²) >= 11 is 1.35. The van der Waals surface area contributed by atoms with Crippen LogP contribution in [-0.2, 0) is 20.7 Å². The minimum atomic E-state index is -1.18. The van der Waals surface area contributed by atoms with Gasteiger partial charge in [-0.25, -0.2) is 4.98 Å². The fourth-order valence-electron chi connectivity index (χ4n) is 2.85. The Balaban J connectivity index is 1.59. The standard InChI is InChI=1S/C22H20FN3O6S/c1-3-31-19-7-5-4-6-16(19)22-25-15(12-33-22)11-20(27)32-13(2)21(28)24-14-8-9-17(23)18(10-14)26(29)30/h4-10,12-13H,3,11H2,1-2H3,(H,24,28). The van der Waals surface area contributed by atoms with Gasteiger partial charge in [0.1, 0.15) is 10.8 Å². The fourth-order valence-corrected chi connectivity index (χ4v) is 3.70. The van der Waals surface area contributed by atoms with Crippen LogP contribution in [0.5, 0.6) is 5.75 Å². The molecule has 0 aliphatic heterocycles. The Kier molecular flexibility index (Phi) is 7.67. The maximum Gasteiger partial charge on any atom is 0.312 e. The molecular weight excluding hydrogens is 453 g/mol. The summed E-state index contributed by atoms with van der Waals surface area (Å²) in [6.45, 7) is 3.75. The van der Waals surface area contributed by atoms with Crippen molar-refractivity contribution in [3.8, 4) is 16.3 Å². The number of para-hydroxylation sites is 1. The molecular formula is C22H20FN3O6S. The number of carbonyl (C=O) groups is 2. The van der Waals surface area contributed by atoms with Gasteiger partial charge in [-0.1, -0.05) is 12.1 Å². The van der Waals surface area contributed by atoms with Crippen LogP contribution in [0.2, 0.25) is 0 Å². The third-order valence-electron chi connectivity index (χ3n) is 4.38. The molecule has 3 rings (SSSR count). The number of nitrogens with one attached hydrogen (secondary N) is 1. The van der Waals surface area contributed by atoms with Crippen molar-refractivity contribution in [2.45, 2.75) is 26.4 Å². The van der Waals surface area contributed by atoms with Crippen molar-refractivity contribution < 1.29 is 28.4 Å². The van der Waals surface area contributed by atoms with Crippen molar-refractivity contribution in [2.24, 2.45) is 0 Å². The smallest absolute Gasteiger partial charge is 0.312 e. The lowest BCUT2D eigenvalue weighted by Crippen LogP contribution is -2.30. The van der Waals surface area contributed by atoms with E-state index < -0.39 is 34.4 Å². The molecule has 1 unspecified atom stereocenters. The zero-order chi connectivity index (χ0) is 24.0. The van der Waals surface area contributed by atoms with Gasteiger partial charge < -0.3 is 14.8 Å². The summed E-state index contributed by atoms with van der Waals surface area (Å²) in [5.74, 6) is -1.72. The van der Waals surface area contributed by atoms with Gasteiger partial charge in [-0.05, 0) is 38.1 Å². The van der Waals surface area contributed by atoms with Crippen LogP contribution < -0.4 is 10.1 Å². The molecule has 1 heterocycles. The van der Waals surface area contributed by atoms with E-state index >= 15 is 0 Å². The Labute approximate surface area is 192 Å². The SMILES string of the molecule is CCOc1ccccc1-c1nc(CC(=O)OC(C)C(=O)Nc2ccc(F)c([N+](=O)[O-])c2)cs1. The fraction of sp³-hybridized carbons (Fsp3) is 0.227. The predicted octanol–water partition coefficient (Wildman–Crippen LogP) is 4.37. The Morgan fingerprint density at radius 3 is 2.76 bits per heavy atom. The number of amides is 1. The second-order valence-electron chi connectivity index (χ2n) is 6.79. The molecule has 33 heavy (non-hydrogen) atoms. The summed E-state index contributed by atoms with van der Waals surface area (Å²) in [7, 11) is 0. The summed E-state index contributed by atoms with van der Waals surface area (Å²) in [5, 5.41) is 15.6. The molecule has 0 spiro atoms. The summed E-state index contributed by atoms with van der Waals surface area (Å²) in [5.41, 5.74) is 0.522. The van der Waals surface area contributed by atoms with Gasteiger partial charge in [0.2, 0.25) is 5.82 Å². The summed E-state index contributed by atoms with van der Waals surface area (Å²) in [6, 6.07) is 10.4. The van der Waals surface area contributed by atoms with E-state index in [1.807, 2.05) is 31.2 Å². The second-order valence-corrected chi connectivity index (χ2v) is 7.65. The number of hydrogen-bond donors (Lipinski definition) is 1. The van der Waals surface area contributed by atoms with Crippen molar-refractivity contribution in [1.82, 2.24) is 4.98 Å². The van der Waals surface area contributed by atoms with E-state index in [4.69, 9.17) is 9.47 Å². The lowest BCUT2D eigenvalue weighted by molar-refractivity contribution is -0.387. The zero-order valence-corrected chi connectivity index (χ0v) is 18.6. The molecule has 11 heteroatoms. The predicted molar refractivity (Wildman–Crippen MR) is 120 cm³/mol. The van der Waals surface area contributed by atoms with Crippen LogP contribution in [0.3, 0.4) is 0 Å². The monoisotopic (exact) mass is 473 g/mol. The van der Waals surface area contributed by atoms with Gasteiger partial charge in [0.15, 0.2) is 6.10 Å². The number of aromatic nitrogens is 1. The number of hydrogen-bond acceptors (Lipinski definition) is 8. The largest absolute Gasteiger partial charge is 0.493 e. The minimum Gasteiger partial charge on any atom is -0.493 e. The van der Waals surface area contributed by atoms with Crippen LogP contribution in [0.4, 0.5) is 15.8 Å². The molecule has 2 aromatic carbocycles. The van der Waals surface area contributed by atoms with Gasteiger partial charge in [0.05, 0.1) is 29.2 Å². The average Bonchev–Trinajstić information content (AvgIpc) is 3.23. The van der Waals surface area contributed by atoms with Crippen LogP contribution in [0.15, 0.2) is 47.8 Å². The van der Waals surface area contributed by atoms with Crippen LogP contribution in [0, 0.1) is 15.9 Å². The number of nitrogens with zero attached hydrogens (tertiary/aromatic N) is 2. The summed E-state index contributed by atoms with van der Waals surface area (Å²) in [4.78, 5) is 38.9. The maximum absolute atomic E-state index is 13.4. The minimum absolute atomic E-state index is 0.00751. The molecule has 172 valence electrons. The normalized spacial score (nSPS) is 11.5. The molecule has 1 atom stereocenters. The van der Waals surface area contributed by atoms with Gasteiger partial charge >= 0.3 is 11.7 Å². The van der Waals surface area contributed by atoms with Gasteiger partial charge in [-0.2, -0.15) is 4.39 Å². The van der Waals surface area contributed by atoms with Crippen LogP contribution in [0.25, 0.3) is 10.6 Å². The van der Waals surface area contributed by atoms with Crippen LogP contribution in [-0.4, -0.2) is 34.5 Å². The molecule has 0 aliphatic carbocycles. The molecule has 0 saturated heterocycles. The lowest BCUT2D eigenvalue weighted by atomic mass is 10.2. The molecule has 0 saturated carbocycles. The van der Waals surface area contributed by atoms with E-state index in [1.54, 1.807) is 5.38 Å². The van der Waals surface area contributed by atoms with Crippen molar-refractivity contribution >= 4 is 34.6 Å². The molecule has 0 bridgehead atoms. The highest BCUT2D eigenvalue weighted by Crippen LogP contribution is 2.32. The van der Waals surface area contributed by atoms with Crippen molar-refractivity contribution in [3.05, 3.63) is 69.5 Å². The van der Waals surface area contributed by atoms with Crippen LogP contribution in [0.1, 0.15) is 19.5 Å². The molecule has 0 fully saturated rings. The molecule has 0 aliphatic rings. The van der Waals surface area contributed by atoms with E-state index in [1.165, 1.54) is 24.3 Å². The second kappa shape index (κ2) is 10.6. The van der Waals surface area contributed by atoms with Gasteiger partial charge in [-0.15, -0.1) is 11.3 Å². The number of halogens is 1. The first-order valence-corrected chi connectivity index (χ1v) is 10.8. The molecule has 9 nitrogen and oxygen atoms in total.